The van der Waals surface area contributed by atoms with Gasteiger partial charge in [-0.15, -0.1) is 0 Å². The summed E-state index contributed by atoms with van der Waals surface area (Å²) in [5, 5.41) is 0. The van der Waals surface area contributed by atoms with Gasteiger partial charge in [0.25, 0.3) is 0 Å². The zero-order valence-corrected chi connectivity index (χ0v) is 8.02. The molecule has 1 aliphatic carbocycles. The molecule has 0 spiro atoms. The molecule has 1 saturated carbocycles. The first kappa shape index (κ1) is 7.97. The first-order valence-electron chi connectivity index (χ1n) is 3.46. The largest absolute Gasteiger partial charge is 0.245 e. The van der Waals surface area contributed by atoms with Gasteiger partial charge in [-0.3, -0.25) is 0 Å². The smallest absolute Gasteiger partial charge is 0.0530 e. The fourth-order valence-corrected chi connectivity index (χ4v) is 3.43. The Hall–Kier alpha value is 0.870. The molecule has 0 radical (unpaired) electrons. The van der Waals surface area contributed by atoms with Crippen LogP contribution >= 0.6 is 18.1 Å². The highest BCUT2D eigenvalue weighted by atomic mass is 32.9. The van der Waals surface area contributed by atoms with E-state index < -0.39 is 0 Å². The average molecular weight is 179 g/mol. The molecule has 0 aromatic rings. The third kappa shape index (κ3) is 2.53. The van der Waals surface area contributed by atoms with Crippen LogP contribution in [-0.2, 0) is 11.8 Å². The van der Waals surface area contributed by atoms with Crippen molar-refractivity contribution >= 4 is 30.0 Å². The zero-order chi connectivity index (χ0) is 6.69. The van der Waals surface area contributed by atoms with Crippen LogP contribution in [0.2, 0.25) is 0 Å². The summed E-state index contributed by atoms with van der Waals surface area (Å²) >= 11 is 9.45. The highest BCUT2D eigenvalue weighted by Gasteiger charge is 2.24. The van der Waals surface area contributed by atoms with Crippen LogP contribution in [0.25, 0.3) is 0 Å². The van der Waals surface area contributed by atoms with Crippen LogP contribution in [0.15, 0.2) is 0 Å². The number of hydrogen-bond donors (Lipinski definition) is 1. The Labute approximate surface area is 68.0 Å². The summed E-state index contributed by atoms with van der Waals surface area (Å²) in [4.78, 5) is 0. The van der Waals surface area contributed by atoms with Crippen molar-refractivity contribution in [2.24, 2.45) is 0 Å². The van der Waals surface area contributed by atoms with E-state index in [1.807, 2.05) is 0 Å². The molecule has 1 fully saturated rings. The first-order valence-corrected chi connectivity index (χ1v) is 7.03. The topological polar surface area (TPSA) is 0 Å². The molecule has 0 heterocycles. The Kier molecular flexibility index (Phi) is 3.45. The highest BCUT2D eigenvalue weighted by molar-refractivity contribution is 8.56. The SMILES string of the molecule is S=[P+](S)C1CCCCC1. The molecular weight excluding hydrogens is 167 g/mol. The highest BCUT2D eigenvalue weighted by Crippen LogP contribution is 2.41. The molecule has 0 aromatic heterocycles. The molecule has 52 valence electrons. The van der Waals surface area contributed by atoms with Crippen molar-refractivity contribution in [2.45, 2.75) is 37.8 Å². The summed E-state index contributed by atoms with van der Waals surface area (Å²) in [6.07, 6.45) is 6.89. The maximum atomic E-state index is 5.13. The van der Waals surface area contributed by atoms with E-state index in [9.17, 15) is 0 Å². The monoisotopic (exact) mass is 179 g/mol. The van der Waals surface area contributed by atoms with Gasteiger partial charge in [-0.2, -0.15) is 0 Å². The van der Waals surface area contributed by atoms with E-state index in [-0.39, 0.29) is 5.90 Å². The maximum absolute atomic E-state index is 5.13. The van der Waals surface area contributed by atoms with Crippen LogP contribution in [0.4, 0.5) is 0 Å². The summed E-state index contributed by atoms with van der Waals surface area (Å²) in [5.74, 6) is -0.341. The van der Waals surface area contributed by atoms with E-state index in [0.717, 1.165) is 5.66 Å². The van der Waals surface area contributed by atoms with Crippen LogP contribution < -0.4 is 0 Å². The van der Waals surface area contributed by atoms with Gasteiger partial charge in [-0.25, -0.2) is 0 Å². The Morgan fingerprint density at radius 2 is 1.78 bits per heavy atom. The van der Waals surface area contributed by atoms with Gasteiger partial charge < -0.3 is 0 Å². The molecule has 1 aliphatic rings. The van der Waals surface area contributed by atoms with Gasteiger partial charge >= 0.3 is 0 Å². The van der Waals surface area contributed by atoms with Crippen LogP contribution in [0.5, 0.6) is 0 Å². The number of hydrogen-bond acceptors (Lipinski definition) is 1. The minimum atomic E-state index is -0.341. The number of rotatable bonds is 1. The van der Waals surface area contributed by atoms with Crippen LogP contribution in [0, 0.1) is 0 Å². The second-order valence-electron chi connectivity index (χ2n) is 2.59. The van der Waals surface area contributed by atoms with Gasteiger partial charge in [0.1, 0.15) is 5.66 Å². The summed E-state index contributed by atoms with van der Waals surface area (Å²) in [5.41, 5.74) is 0.798. The fourth-order valence-electron chi connectivity index (χ4n) is 1.30. The predicted molar refractivity (Wildman–Crippen MR) is 50.1 cm³/mol. The van der Waals surface area contributed by atoms with Gasteiger partial charge in [0.2, 0.25) is 5.90 Å². The Morgan fingerprint density at radius 3 is 2.11 bits per heavy atom. The third-order valence-electron chi connectivity index (χ3n) is 1.89. The molecule has 1 rings (SSSR count). The van der Waals surface area contributed by atoms with Crippen molar-refractivity contribution in [1.29, 1.82) is 0 Å². The average Bonchev–Trinajstić information content (AvgIpc) is 1.90. The summed E-state index contributed by atoms with van der Waals surface area (Å²) in [6, 6.07) is 0. The van der Waals surface area contributed by atoms with Crippen molar-refractivity contribution in [3.05, 3.63) is 0 Å². The van der Waals surface area contributed by atoms with E-state index >= 15 is 0 Å². The second-order valence-corrected chi connectivity index (χ2v) is 7.21. The maximum Gasteiger partial charge on any atom is 0.245 e. The van der Waals surface area contributed by atoms with Crippen molar-refractivity contribution < 1.29 is 0 Å². The third-order valence-corrected chi connectivity index (χ3v) is 4.90. The Bertz CT molecular complexity index is 108. The number of thiol groups is 1. The molecule has 0 aliphatic heterocycles. The van der Waals surface area contributed by atoms with E-state index in [1.54, 1.807) is 0 Å². The van der Waals surface area contributed by atoms with E-state index in [0.29, 0.717) is 0 Å². The molecule has 0 bridgehead atoms. The standard InChI is InChI=1S/C6H11PS2/c8-7(9)6-4-2-1-3-5-6/h6H,1-5H2/p+1. The molecule has 0 saturated heterocycles. The molecule has 3 heteroatoms. The Morgan fingerprint density at radius 1 is 1.22 bits per heavy atom. The van der Waals surface area contributed by atoms with Gasteiger partial charge in [-0.1, -0.05) is 6.42 Å². The van der Waals surface area contributed by atoms with Crippen molar-refractivity contribution in [3.8, 4) is 0 Å². The molecule has 0 N–H and O–H groups in total. The molecule has 0 aromatic carbocycles. The quantitative estimate of drug-likeness (QED) is 0.476. The van der Waals surface area contributed by atoms with E-state index in [4.69, 9.17) is 11.8 Å². The molecule has 0 nitrogen and oxygen atoms in total. The molecule has 1 unspecified atom stereocenters. The van der Waals surface area contributed by atoms with E-state index in [1.165, 1.54) is 32.1 Å². The van der Waals surface area contributed by atoms with Crippen molar-refractivity contribution in [1.82, 2.24) is 0 Å². The van der Waals surface area contributed by atoms with Crippen molar-refractivity contribution in [2.75, 3.05) is 0 Å². The van der Waals surface area contributed by atoms with Crippen LogP contribution in [0.3, 0.4) is 0 Å². The van der Waals surface area contributed by atoms with Crippen LogP contribution in [-0.4, -0.2) is 5.66 Å². The fraction of sp³-hybridized carbons (Fsp3) is 1.00. The molecule has 0 amide bonds. The normalized spacial score (nSPS) is 23.9. The van der Waals surface area contributed by atoms with Crippen LogP contribution in [0.1, 0.15) is 32.1 Å². The first-order chi connectivity index (χ1) is 4.30. The lowest BCUT2D eigenvalue weighted by atomic mass is 10.0. The summed E-state index contributed by atoms with van der Waals surface area (Å²) < 4.78 is 0. The van der Waals surface area contributed by atoms with E-state index in [2.05, 4.69) is 12.2 Å². The lowest BCUT2D eigenvalue weighted by Gasteiger charge is -2.12. The molecule has 1 atom stereocenters. The van der Waals surface area contributed by atoms with Gasteiger partial charge in [0, 0.05) is 0 Å². The van der Waals surface area contributed by atoms with Gasteiger partial charge in [0.15, 0.2) is 11.8 Å². The lowest BCUT2D eigenvalue weighted by Crippen LogP contribution is -2.05. The zero-order valence-electron chi connectivity index (χ0n) is 5.42. The molecular formula is C6H12PS2+. The van der Waals surface area contributed by atoms with Gasteiger partial charge in [0.05, 0.1) is 12.2 Å². The Balaban J connectivity index is 2.31. The minimum absolute atomic E-state index is 0.341. The summed E-state index contributed by atoms with van der Waals surface area (Å²) in [7, 11) is 0. The summed E-state index contributed by atoms with van der Waals surface area (Å²) in [6.45, 7) is 0. The van der Waals surface area contributed by atoms with Gasteiger partial charge in [-0.05, 0) is 25.7 Å². The molecule has 9 heavy (non-hydrogen) atoms. The lowest BCUT2D eigenvalue weighted by molar-refractivity contribution is 0.515. The van der Waals surface area contributed by atoms with Crippen molar-refractivity contribution in [3.63, 3.8) is 0 Å². The predicted octanol–water partition coefficient (Wildman–Crippen LogP) is 3.11. The second kappa shape index (κ2) is 3.90. The minimum Gasteiger partial charge on any atom is -0.0530 e.